The number of hydrogen-bond donors (Lipinski definition) is 0. The van der Waals surface area contributed by atoms with E-state index in [4.69, 9.17) is 21.7 Å². The number of carbonyl (C=O) groups is 1. The van der Waals surface area contributed by atoms with Gasteiger partial charge in [-0.15, -0.1) is 5.10 Å². The summed E-state index contributed by atoms with van der Waals surface area (Å²) in [4.78, 5) is 22.2. The molecule has 2 aromatic carbocycles. The lowest BCUT2D eigenvalue weighted by atomic mass is 10.1. The van der Waals surface area contributed by atoms with Crippen LogP contribution in [0.3, 0.4) is 0 Å². The van der Waals surface area contributed by atoms with Gasteiger partial charge in [0.2, 0.25) is 0 Å². The number of benzene rings is 2. The van der Waals surface area contributed by atoms with Crippen LogP contribution in [-0.2, 0) is 17.9 Å². The molecule has 0 spiro atoms. The third-order valence-electron chi connectivity index (χ3n) is 5.93. The number of hydrogen-bond acceptors (Lipinski definition) is 5. The number of halogens is 1. The molecule has 174 valence electrons. The summed E-state index contributed by atoms with van der Waals surface area (Å²) in [6.07, 6.45) is 0.519. The van der Waals surface area contributed by atoms with Crippen LogP contribution in [0.5, 0.6) is 0 Å². The fraction of sp³-hybridized carbons (Fsp3) is 0.423. The number of rotatable bonds is 8. The summed E-state index contributed by atoms with van der Waals surface area (Å²) in [6, 6.07) is 16.0. The first-order valence-electron chi connectivity index (χ1n) is 11.6. The average Bonchev–Trinajstić information content (AvgIpc) is 3.19. The Morgan fingerprint density at radius 3 is 2.42 bits per heavy atom. The Bertz CT molecular complexity index is 1080. The third kappa shape index (κ3) is 6.28. The monoisotopic (exact) mass is 465 g/mol. The van der Waals surface area contributed by atoms with E-state index in [1.807, 2.05) is 38.1 Å². The fourth-order valence-electron chi connectivity index (χ4n) is 4.13. The molecule has 0 unspecified atom stereocenters. The lowest BCUT2D eigenvalue weighted by Crippen LogP contribution is -2.43. The normalized spacial score (nSPS) is 15.3. The molecule has 7 heteroatoms. The number of ketones is 1. The average molecular weight is 466 g/mol. The molecule has 33 heavy (non-hydrogen) atoms. The molecular formula is C26H32ClN5O. The highest BCUT2D eigenvalue weighted by Crippen LogP contribution is 2.25. The van der Waals surface area contributed by atoms with Gasteiger partial charge in [-0.2, -0.15) is 0 Å². The number of nitrogens with zero attached hydrogens (tertiary/aromatic N) is 5. The summed E-state index contributed by atoms with van der Waals surface area (Å²) in [5, 5.41) is 5.34. The van der Waals surface area contributed by atoms with Crippen LogP contribution in [0.15, 0.2) is 48.5 Å². The summed E-state index contributed by atoms with van der Waals surface area (Å²) >= 11 is 6.22. The highest BCUT2D eigenvalue weighted by Gasteiger charge is 2.18. The predicted octanol–water partition coefficient (Wildman–Crippen LogP) is 4.63. The Morgan fingerprint density at radius 1 is 1.03 bits per heavy atom. The summed E-state index contributed by atoms with van der Waals surface area (Å²) in [5.74, 6) is 1.73. The number of piperazine rings is 1. The zero-order chi connectivity index (χ0) is 23.4. The van der Waals surface area contributed by atoms with Crippen molar-refractivity contribution in [3.63, 3.8) is 0 Å². The number of aromatic nitrogens is 3. The van der Waals surface area contributed by atoms with Crippen molar-refractivity contribution in [2.24, 2.45) is 5.92 Å². The maximum atomic E-state index is 12.6. The van der Waals surface area contributed by atoms with Gasteiger partial charge in [-0.3, -0.25) is 9.69 Å². The van der Waals surface area contributed by atoms with Crippen molar-refractivity contribution in [2.75, 3.05) is 33.2 Å². The third-order valence-corrected chi connectivity index (χ3v) is 6.17. The quantitative estimate of drug-likeness (QED) is 0.485. The van der Waals surface area contributed by atoms with E-state index in [1.54, 1.807) is 4.68 Å². The molecule has 1 aliphatic heterocycles. The molecule has 0 amide bonds. The van der Waals surface area contributed by atoms with Crippen LogP contribution < -0.4 is 0 Å². The van der Waals surface area contributed by atoms with Crippen LogP contribution >= 0.6 is 11.6 Å². The van der Waals surface area contributed by atoms with Crippen molar-refractivity contribution in [2.45, 2.75) is 33.4 Å². The van der Waals surface area contributed by atoms with E-state index < -0.39 is 0 Å². The van der Waals surface area contributed by atoms with Gasteiger partial charge in [-0.1, -0.05) is 61.8 Å². The molecule has 0 radical (unpaired) electrons. The topological polar surface area (TPSA) is 54.3 Å². The zero-order valence-electron chi connectivity index (χ0n) is 19.7. The molecule has 0 bridgehead atoms. The Balaban J connectivity index is 1.56. The van der Waals surface area contributed by atoms with E-state index in [2.05, 4.69) is 41.1 Å². The van der Waals surface area contributed by atoms with Crippen molar-refractivity contribution in [3.05, 3.63) is 59.1 Å². The van der Waals surface area contributed by atoms with Gasteiger partial charge in [0.15, 0.2) is 17.4 Å². The van der Waals surface area contributed by atoms with Crippen LogP contribution in [0.2, 0.25) is 5.02 Å². The van der Waals surface area contributed by atoms with Gasteiger partial charge < -0.3 is 4.90 Å². The van der Waals surface area contributed by atoms with Crippen molar-refractivity contribution in [1.82, 2.24) is 24.6 Å². The highest BCUT2D eigenvalue weighted by atomic mass is 35.5. The maximum Gasteiger partial charge on any atom is 0.181 e. The number of Topliss-reactive ketones (excluding diaryl/α,β-unsaturated/α-hetero) is 1. The van der Waals surface area contributed by atoms with Crippen molar-refractivity contribution in [1.29, 1.82) is 0 Å². The molecule has 1 saturated heterocycles. The smallest absolute Gasteiger partial charge is 0.181 e. The molecule has 6 nitrogen and oxygen atoms in total. The van der Waals surface area contributed by atoms with E-state index in [-0.39, 0.29) is 12.3 Å². The van der Waals surface area contributed by atoms with E-state index in [1.165, 1.54) is 5.56 Å². The van der Waals surface area contributed by atoms with Crippen molar-refractivity contribution in [3.8, 4) is 22.8 Å². The van der Waals surface area contributed by atoms with Gasteiger partial charge in [-0.25, -0.2) is 9.67 Å². The summed E-state index contributed by atoms with van der Waals surface area (Å²) in [5.41, 5.74) is 3.07. The standard InChI is InChI=1S/C26H32ClN5O/c1-19(2)15-24(33)18-32-26(22-5-4-6-23(27)16-22)28-25(29-32)21-9-7-20(8-10-21)17-31-13-11-30(3)12-14-31/h4-10,16,19H,11-15,17-18H2,1-3H3. The summed E-state index contributed by atoms with van der Waals surface area (Å²) in [7, 11) is 2.17. The predicted molar refractivity (Wildman–Crippen MR) is 133 cm³/mol. The largest absolute Gasteiger partial charge is 0.304 e. The molecule has 0 aliphatic carbocycles. The van der Waals surface area contributed by atoms with Crippen LogP contribution in [0, 0.1) is 5.92 Å². The van der Waals surface area contributed by atoms with Crippen molar-refractivity contribution < 1.29 is 4.79 Å². The van der Waals surface area contributed by atoms with Crippen LogP contribution in [0.25, 0.3) is 22.8 Å². The Labute approximate surface area is 201 Å². The van der Waals surface area contributed by atoms with Crippen LogP contribution in [0.1, 0.15) is 25.8 Å². The molecule has 2 heterocycles. The van der Waals surface area contributed by atoms with Gasteiger partial charge in [0, 0.05) is 55.3 Å². The second-order valence-corrected chi connectivity index (χ2v) is 9.78. The Hall–Kier alpha value is -2.54. The van der Waals surface area contributed by atoms with Gasteiger partial charge in [0.25, 0.3) is 0 Å². The maximum absolute atomic E-state index is 12.6. The molecule has 3 aromatic rings. The second kappa shape index (κ2) is 10.6. The minimum Gasteiger partial charge on any atom is -0.304 e. The van der Waals surface area contributed by atoms with E-state index >= 15 is 0 Å². The first kappa shape index (κ1) is 23.6. The second-order valence-electron chi connectivity index (χ2n) is 9.34. The van der Waals surface area contributed by atoms with Gasteiger partial charge in [-0.05, 0) is 30.7 Å². The minimum absolute atomic E-state index is 0.146. The molecule has 1 aromatic heterocycles. The van der Waals surface area contributed by atoms with E-state index in [9.17, 15) is 4.79 Å². The van der Waals surface area contributed by atoms with Crippen molar-refractivity contribution >= 4 is 17.4 Å². The van der Waals surface area contributed by atoms with E-state index in [0.29, 0.717) is 29.0 Å². The number of carbonyl (C=O) groups excluding carboxylic acids is 1. The molecular weight excluding hydrogens is 434 g/mol. The minimum atomic E-state index is 0.146. The first-order chi connectivity index (χ1) is 15.9. The molecule has 0 saturated carbocycles. The van der Waals surface area contributed by atoms with Crippen LogP contribution in [-0.4, -0.2) is 63.6 Å². The fourth-order valence-corrected chi connectivity index (χ4v) is 4.32. The number of likely N-dealkylation sites (N-methyl/N-ethyl adjacent to an activating group) is 1. The van der Waals surface area contributed by atoms with E-state index in [0.717, 1.165) is 43.9 Å². The zero-order valence-corrected chi connectivity index (χ0v) is 20.4. The lowest BCUT2D eigenvalue weighted by molar-refractivity contribution is -0.120. The SMILES string of the molecule is CC(C)CC(=O)Cn1nc(-c2ccc(CN3CCN(C)CC3)cc2)nc1-c1cccc(Cl)c1. The van der Waals surface area contributed by atoms with Gasteiger partial charge >= 0.3 is 0 Å². The summed E-state index contributed by atoms with van der Waals surface area (Å²) in [6.45, 7) is 9.66. The summed E-state index contributed by atoms with van der Waals surface area (Å²) < 4.78 is 1.71. The van der Waals surface area contributed by atoms with Gasteiger partial charge in [0.1, 0.15) is 6.54 Å². The Morgan fingerprint density at radius 2 is 1.76 bits per heavy atom. The van der Waals surface area contributed by atoms with Gasteiger partial charge in [0.05, 0.1) is 0 Å². The Kier molecular flexibility index (Phi) is 7.58. The first-order valence-corrected chi connectivity index (χ1v) is 12.0. The molecule has 1 fully saturated rings. The lowest BCUT2D eigenvalue weighted by Gasteiger charge is -2.32. The molecule has 1 aliphatic rings. The molecule has 4 rings (SSSR count). The van der Waals surface area contributed by atoms with Crippen LogP contribution in [0.4, 0.5) is 0 Å². The molecule has 0 atom stereocenters. The highest BCUT2D eigenvalue weighted by molar-refractivity contribution is 6.30. The molecule has 0 N–H and O–H groups in total.